The van der Waals surface area contributed by atoms with Gasteiger partial charge in [0, 0.05) is 26.4 Å². The molecule has 1 aliphatic heterocycles. The van der Waals surface area contributed by atoms with Crippen LogP contribution in [-0.4, -0.2) is 30.8 Å². The smallest absolute Gasteiger partial charge is 0.239 e. The van der Waals surface area contributed by atoms with Crippen molar-refractivity contribution in [3.63, 3.8) is 0 Å². The van der Waals surface area contributed by atoms with Crippen LogP contribution in [0.5, 0.6) is 0 Å². The summed E-state index contributed by atoms with van der Waals surface area (Å²) in [6, 6.07) is 0. The first-order valence-electron chi connectivity index (χ1n) is 3.61. The average molecular weight is 163 g/mol. The summed E-state index contributed by atoms with van der Waals surface area (Å²) in [5.41, 5.74) is 0. The minimum Gasteiger partial charge on any atom is -0.345 e. The maximum Gasteiger partial charge on any atom is 0.239 e. The molecule has 1 fully saturated rings. The zero-order chi connectivity index (χ0) is 8.43. The Balaban J connectivity index is 2.35. The summed E-state index contributed by atoms with van der Waals surface area (Å²) in [6.07, 6.45) is -2.13. The predicted molar refractivity (Wildman–Crippen MR) is 36.4 cm³/mol. The van der Waals surface area contributed by atoms with Crippen molar-refractivity contribution in [3.05, 3.63) is 0 Å². The number of hydrogen-bond acceptors (Lipinski definition) is 1. The van der Waals surface area contributed by atoms with Gasteiger partial charge in [-0.25, -0.2) is 8.78 Å². The van der Waals surface area contributed by atoms with Crippen LogP contribution < -0.4 is 0 Å². The number of nitrogens with zero attached hydrogens (tertiary/aromatic N) is 1. The second-order valence-corrected chi connectivity index (χ2v) is 2.97. The fraction of sp³-hybridized carbons (Fsp3) is 0.857. The molecule has 1 aliphatic rings. The topological polar surface area (TPSA) is 20.3 Å². The van der Waals surface area contributed by atoms with Crippen LogP contribution in [0.3, 0.4) is 0 Å². The number of carbonyl (C=O) groups is 1. The van der Waals surface area contributed by atoms with Crippen molar-refractivity contribution in [2.75, 3.05) is 13.6 Å². The van der Waals surface area contributed by atoms with Crippen molar-refractivity contribution in [3.8, 4) is 0 Å². The maximum absolute atomic E-state index is 11.8. The lowest BCUT2D eigenvalue weighted by Gasteiger charge is -2.08. The van der Waals surface area contributed by atoms with Crippen LogP contribution >= 0.6 is 0 Å². The third-order valence-electron chi connectivity index (χ3n) is 1.93. The Hall–Kier alpha value is -0.670. The van der Waals surface area contributed by atoms with Crippen LogP contribution in [0.1, 0.15) is 12.8 Å². The largest absolute Gasteiger partial charge is 0.345 e. The summed E-state index contributed by atoms with van der Waals surface area (Å²) in [5.74, 6) is -0.150. The Morgan fingerprint density at radius 2 is 2.36 bits per heavy atom. The number of likely N-dealkylation sites (tertiary alicyclic amines) is 1. The second-order valence-electron chi connectivity index (χ2n) is 2.97. The molecule has 0 bridgehead atoms. The molecule has 0 aliphatic carbocycles. The van der Waals surface area contributed by atoms with Gasteiger partial charge in [-0.15, -0.1) is 0 Å². The summed E-state index contributed by atoms with van der Waals surface area (Å²) < 4.78 is 23.6. The van der Waals surface area contributed by atoms with Gasteiger partial charge >= 0.3 is 0 Å². The van der Waals surface area contributed by atoms with E-state index in [4.69, 9.17) is 0 Å². The quantitative estimate of drug-likeness (QED) is 0.597. The van der Waals surface area contributed by atoms with Gasteiger partial charge in [-0.1, -0.05) is 0 Å². The van der Waals surface area contributed by atoms with Crippen LogP contribution in [0.4, 0.5) is 8.78 Å². The van der Waals surface area contributed by atoms with Gasteiger partial charge in [0.2, 0.25) is 12.3 Å². The molecule has 64 valence electrons. The molecule has 1 unspecified atom stereocenters. The van der Waals surface area contributed by atoms with Crippen molar-refractivity contribution in [2.24, 2.45) is 5.92 Å². The molecule has 0 aromatic carbocycles. The molecule has 1 saturated heterocycles. The molecule has 0 radical (unpaired) electrons. The van der Waals surface area contributed by atoms with E-state index in [1.165, 1.54) is 4.90 Å². The van der Waals surface area contributed by atoms with Gasteiger partial charge in [-0.05, 0) is 5.92 Å². The van der Waals surface area contributed by atoms with E-state index in [2.05, 4.69) is 0 Å². The van der Waals surface area contributed by atoms with Gasteiger partial charge in [0.05, 0.1) is 0 Å². The van der Waals surface area contributed by atoms with Gasteiger partial charge in [-0.2, -0.15) is 0 Å². The van der Waals surface area contributed by atoms with Crippen LogP contribution in [-0.2, 0) is 4.79 Å². The minimum absolute atomic E-state index is 0.0179. The summed E-state index contributed by atoms with van der Waals surface area (Å²) >= 11 is 0. The van der Waals surface area contributed by atoms with Crippen LogP contribution in [0.15, 0.2) is 0 Å². The molecule has 1 rings (SSSR count). The third kappa shape index (κ3) is 2.13. The van der Waals surface area contributed by atoms with E-state index in [1.54, 1.807) is 7.05 Å². The molecular formula is C7H11F2NO. The molecule has 1 amide bonds. The zero-order valence-corrected chi connectivity index (χ0v) is 6.39. The number of amides is 1. The average Bonchev–Trinajstić information content (AvgIpc) is 2.10. The zero-order valence-electron chi connectivity index (χ0n) is 6.39. The highest BCUT2D eigenvalue weighted by molar-refractivity contribution is 5.78. The molecule has 4 heteroatoms. The van der Waals surface area contributed by atoms with Crippen LogP contribution in [0.2, 0.25) is 0 Å². The van der Waals surface area contributed by atoms with Crippen molar-refractivity contribution < 1.29 is 13.6 Å². The molecule has 11 heavy (non-hydrogen) atoms. The third-order valence-corrected chi connectivity index (χ3v) is 1.93. The molecule has 0 aromatic rings. The molecule has 0 N–H and O–H groups in total. The minimum atomic E-state index is -2.28. The van der Waals surface area contributed by atoms with Crippen molar-refractivity contribution in [1.29, 1.82) is 0 Å². The predicted octanol–water partition coefficient (Wildman–Crippen LogP) is 1.12. The second kappa shape index (κ2) is 3.15. The standard InChI is InChI=1S/C7H11F2NO/c1-10-4-5(2-6(8)9)3-7(10)11/h5-6H,2-4H2,1H3. The van der Waals surface area contributed by atoms with Crippen molar-refractivity contribution >= 4 is 5.91 Å². The Labute approximate surface area is 64.2 Å². The molecule has 0 spiro atoms. The first-order chi connectivity index (χ1) is 5.09. The summed E-state index contributed by atoms with van der Waals surface area (Å²) in [6.45, 7) is 0.489. The Morgan fingerprint density at radius 3 is 2.73 bits per heavy atom. The Kier molecular flexibility index (Phi) is 2.42. The van der Waals surface area contributed by atoms with Gasteiger partial charge in [0.25, 0.3) is 0 Å². The van der Waals surface area contributed by atoms with Gasteiger partial charge in [0.1, 0.15) is 0 Å². The lowest BCUT2D eigenvalue weighted by atomic mass is 10.1. The van der Waals surface area contributed by atoms with E-state index in [1.807, 2.05) is 0 Å². The number of hydrogen-bond donors (Lipinski definition) is 0. The molecule has 1 heterocycles. The van der Waals surface area contributed by atoms with E-state index < -0.39 is 6.43 Å². The molecule has 2 nitrogen and oxygen atoms in total. The highest BCUT2D eigenvalue weighted by Gasteiger charge is 2.28. The lowest BCUT2D eigenvalue weighted by Crippen LogP contribution is -2.19. The highest BCUT2D eigenvalue weighted by Crippen LogP contribution is 2.22. The van der Waals surface area contributed by atoms with Crippen molar-refractivity contribution in [1.82, 2.24) is 4.90 Å². The molecular weight excluding hydrogens is 152 g/mol. The summed E-state index contributed by atoms with van der Waals surface area (Å²) in [7, 11) is 1.65. The first kappa shape index (κ1) is 8.43. The van der Waals surface area contributed by atoms with E-state index in [0.29, 0.717) is 13.0 Å². The van der Waals surface area contributed by atoms with E-state index in [9.17, 15) is 13.6 Å². The fourth-order valence-electron chi connectivity index (χ4n) is 1.37. The molecule has 0 aromatic heterocycles. The number of halogens is 2. The van der Waals surface area contributed by atoms with E-state index >= 15 is 0 Å². The highest BCUT2D eigenvalue weighted by atomic mass is 19.3. The Bertz CT molecular complexity index is 161. The number of carbonyl (C=O) groups excluding carboxylic acids is 1. The molecule has 1 atom stereocenters. The maximum atomic E-state index is 11.8. The van der Waals surface area contributed by atoms with Crippen molar-refractivity contribution in [2.45, 2.75) is 19.3 Å². The van der Waals surface area contributed by atoms with E-state index in [-0.39, 0.29) is 18.2 Å². The lowest BCUT2D eigenvalue weighted by molar-refractivity contribution is -0.126. The van der Waals surface area contributed by atoms with Gasteiger partial charge < -0.3 is 4.90 Å². The monoisotopic (exact) mass is 163 g/mol. The number of rotatable bonds is 2. The summed E-state index contributed by atoms with van der Waals surface area (Å²) in [4.78, 5) is 12.4. The number of alkyl halides is 2. The van der Waals surface area contributed by atoms with Gasteiger partial charge in [0.15, 0.2) is 0 Å². The molecule has 0 saturated carbocycles. The van der Waals surface area contributed by atoms with Gasteiger partial charge in [-0.3, -0.25) is 4.79 Å². The fourth-order valence-corrected chi connectivity index (χ4v) is 1.37. The van der Waals surface area contributed by atoms with Crippen LogP contribution in [0.25, 0.3) is 0 Å². The Morgan fingerprint density at radius 1 is 1.73 bits per heavy atom. The first-order valence-corrected chi connectivity index (χ1v) is 3.61. The van der Waals surface area contributed by atoms with E-state index in [0.717, 1.165) is 0 Å². The normalized spacial score (nSPS) is 25.3. The SMILES string of the molecule is CN1CC(CC(F)F)CC1=O. The summed E-state index contributed by atoms with van der Waals surface area (Å²) in [5, 5.41) is 0. The van der Waals surface area contributed by atoms with Crippen LogP contribution in [0, 0.1) is 5.92 Å².